The maximum atomic E-state index is 12.9. The Morgan fingerprint density at radius 1 is 0.857 bits per heavy atom. The zero-order valence-electron chi connectivity index (χ0n) is 19.6. The molecule has 0 aromatic carbocycles. The first-order valence-electron chi connectivity index (χ1n) is 11.6. The predicted molar refractivity (Wildman–Crippen MR) is 123 cm³/mol. The summed E-state index contributed by atoms with van der Waals surface area (Å²) in [5, 5.41) is 28.6. The fraction of sp³-hybridized carbons (Fsp3) is 0.714. The van der Waals surface area contributed by atoms with Gasteiger partial charge < -0.3 is 42.9 Å². The van der Waals surface area contributed by atoms with Crippen molar-refractivity contribution >= 4 is 35.6 Å². The van der Waals surface area contributed by atoms with E-state index in [0.29, 0.717) is 32.4 Å². The average molecular weight is 501 g/mol. The highest BCUT2D eigenvalue weighted by atomic mass is 16.4. The van der Waals surface area contributed by atoms with Gasteiger partial charge in [0.2, 0.25) is 23.6 Å². The molecule has 0 saturated carbocycles. The quantitative estimate of drug-likeness (QED) is 0.0978. The van der Waals surface area contributed by atoms with Crippen LogP contribution in [-0.2, 0) is 28.8 Å². The largest absolute Gasteiger partial charge is 0.481 e. The van der Waals surface area contributed by atoms with Crippen molar-refractivity contribution in [2.75, 3.05) is 13.1 Å². The Balaban J connectivity index is 2.94. The standard InChI is InChI=1S/C21H36N6O8/c22-10-2-1-4-15(21(34)35)27-20(33)14(7-9-17(29)30)26-19(32)13(6-8-16(23)28)25-18(31)12-5-3-11-24-12/h12-15,24H,1-11,22H2,(H2,23,28)(H,25,31)(H,26,32)(H,27,33)(H,29,30)(H,34,35). The monoisotopic (exact) mass is 500 g/mol. The maximum absolute atomic E-state index is 12.9. The SMILES string of the molecule is NCCCCC(NC(=O)C(CCC(=O)O)NC(=O)C(CCC(N)=O)NC(=O)C1CCCN1)C(=O)O. The number of primary amides is 1. The number of carboxylic acids is 2. The van der Waals surface area contributed by atoms with Crippen LogP contribution in [0.15, 0.2) is 0 Å². The number of carboxylic acid groups (broad SMARTS) is 2. The summed E-state index contributed by atoms with van der Waals surface area (Å²) in [5.41, 5.74) is 10.6. The van der Waals surface area contributed by atoms with Gasteiger partial charge >= 0.3 is 11.9 Å². The number of hydrogen-bond donors (Lipinski definition) is 8. The third kappa shape index (κ3) is 11.6. The first-order valence-corrected chi connectivity index (χ1v) is 11.6. The van der Waals surface area contributed by atoms with E-state index >= 15 is 0 Å². The van der Waals surface area contributed by atoms with Crippen LogP contribution in [0.2, 0.25) is 0 Å². The molecule has 1 rings (SSSR count). The third-order valence-electron chi connectivity index (χ3n) is 5.53. The summed E-state index contributed by atoms with van der Waals surface area (Å²) in [4.78, 5) is 72.0. The molecule has 10 N–H and O–H groups in total. The summed E-state index contributed by atoms with van der Waals surface area (Å²) >= 11 is 0. The number of hydrogen-bond acceptors (Lipinski definition) is 8. The number of rotatable bonds is 17. The van der Waals surface area contributed by atoms with Crippen molar-refractivity contribution in [2.45, 2.75) is 82.0 Å². The van der Waals surface area contributed by atoms with E-state index in [2.05, 4.69) is 21.3 Å². The van der Waals surface area contributed by atoms with Crippen LogP contribution >= 0.6 is 0 Å². The van der Waals surface area contributed by atoms with Crippen LogP contribution in [0.1, 0.15) is 57.8 Å². The Morgan fingerprint density at radius 3 is 1.97 bits per heavy atom. The minimum Gasteiger partial charge on any atom is -0.481 e. The van der Waals surface area contributed by atoms with E-state index in [4.69, 9.17) is 16.6 Å². The highest BCUT2D eigenvalue weighted by Crippen LogP contribution is 2.08. The van der Waals surface area contributed by atoms with Crippen LogP contribution in [0.25, 0.3) is 0 Å². The number of carbonyl (C=O) groups is 6. The Hall–Kier alpha value is -3.26. The van der Waals surface area contributed by atoms with E-state index < -0.39 is 66.2 Å². The zero-order chi connectivity index (χ0) is 26.4. The van der Waals surface area contributed by atoms with Crippen molar-refractivity contribution in [2.24, 2.45) is 11.5 Å². The van der Waals surface area contributed by atoms with Crippen molar-refractivity contribution in [3.05, 3.63) is 0 Å². The fourth-order valence-electron chi connectivity index (χ4n) is 3.57. The number of amides is 4. The molecular formula is C21H36N6O8. The molecule has 1 heterocycles. The van der Waals surface area contributed by atoms with Gasteiger partial charge in [-0.2, -0.15) is 0 Å². The number of aliphatic carboxylic acids is 2. The molecule has 0 radical (unpaired) electrons. The van der Waals surface area contributed by atoms with Crippen LogP contribution in [0.4, 0.5) is 0 Å². The Bertz CT molecular complexity index is 771. The van der Waals surface area contributed by atoms with E-state index in [0.717, 1.165) is 6.42 Å². The molecule has 1 aliphatic rings. The van der Waals surface area contributed by atoms with E-state index in [-0.39, 0.29) is 25.7 Å². The number of nitrogens with two attached hydrogens (primary N) is 2. The summed E-state index contributed by atoms with van der Waals surface area (Å²) in [6.45, 7) is 0.996. The minimum atomic E-state index is -1.38. The molecule has 4 atom stereocenters. The van der Waals surface area contributed by atoms with Crippen molar-refractivity contribution in [3.8, 4) is 0 Å². The summed E-state index contributed by atoms with van der Waals surface area (Å²) in [6, 6.07) is -4.35. The molecule has 1 fully saturated rings. The molecular weight excluding hydrogens is 464 g/mol. The fourth-order valence-corrected chi connectivity index (χ4v) is 3.57. The Morgan fingerprint density at radius 2 is 1.46 bits per heavy atom. The van der Waals surface area contributed by atoms with Gasteiger partial charge in [0.15, 0.2) is 0 Å². The summed E-state index contributed by atoms with van der Waals surface area (Å²) in [7, 11) is 0. The van der Waals surface area contributed by atoms with Gasteiger partial charge in [-0.25, -0.2) is 4.79 Å². The summed E-state index contributed by atoms with van der Waals surface area (Å²) in [5.74, 6) is -5.35. The van der Waals surface area contributed by atoms with Crippen molar-refractivity contribution in [1.82, 2.24) is 21.3 Å². The second-order valence-electron chi connectivity index (χ2n) is 8.39. The Labute approximate surface area is 202 Å². The van der Waals surface area contributed by atoms with Crippen molar-refractivity contribution in [3.63, 3.8) is 0 Å². The van der Waals surface area contributed by atoms with Crippen molar-refractivity contribution < 1.29 is 39.0 Å². The van der Waals surface area contributed by atoms with Crippen molar-refractivity contribution in [1.29, 1.82) is 0 Å². The van der Waals surface area contributed by atoms with E-state index in [9.17, 15) is 33.9 Å². The molecule has 35 heavy (non-hydrogen) atoms. The second kappa shape index (κ2) is 15.6. The van der Waals surface area contributed by atoms with E-state index in [1.807, 2.05) is 0 Å². The Kier molecular flexibility index (Phi) is 13.3. The predicted octanol–water partition coefficient (Wildman–Crippen LogP) is -2.46. The number of nitrogens with one attached hydrogen (secondary N) is 4. The van der Waals surface area contributed by atoms with Gasteiger partial charge in [-0.05, 0) is 58.0 Å². The normalized spacial score (nSPS) is 17.6. The smallest absolute Gasteiger partial charge is 0.326 e. The highest BCUT2D eigenvalue weighted by molar-refractivity contribution is 5.94. The molecule has 1 saturated heterocycles. The lowest BCUT2D eigenvalue weighted by Gasteiger charge is -2.25. The molecule has 0 aliphatic carbocycles. The number of carbonyl (C=O) groups excluding carboxylic acids is 4. The first kappa shape index (κ1) is 29.8. The van der Waals surface area contributed by atoms with Gasteiger partial charge in [0, 0.05) is 12.8 Å². The van der Waals surface area contributed by atoms with E-state index in [1.165, 1.54) is 0 Å². The van der Waals surface area contributed by atoms with E-state index in [1.54, 1.807) is 0 Å². The second-order valence-corrected chi connectivity index (χ2v) is 8.39. The minimum absolute atomic E-state index is 0.101. The molecule has 0 aromatic heterocycles. The van der Waals surface area contributed by atoms with Crippen LogP contribution in [0.5, 0.6) is 0 Å². The number of unbranched alkanes of at least 4 members (excludes halogenated alkanes) is 1. The zero-order valence-corrected chi connectivity index (χ0v) is 19.6. The first-order chi connectivity index (χ1) is 16.5. The summed E-state index contributed by atoms with van der Waals surface area (Å²) < 4.78 is 0. The maximum Gasteiger partial charge on any atom is 0.326 e. The van der Waals surface area contributed by atoms with Gasteiger partial charge in [0.1, 0.15) is 18.1 Å². The molecule has 198 valence electrons. The van der Waals surface area contributed by atoms with Gasteiger partial charge in [-0.3, -0.25) is 24.0 Å². The average Bonchev–Trinajstić information content (AvgIpc) is 3.33. The molecule has 0 spiro atoms. The van der Waals surface area contributed by atoms with Crippen LogP contribution in [0, 0.1) is 0 Å². The van der Waals surface area contributed by atoms with Gasteiger partial charge in [-0.15, -0.1) is 0 Å². The van der Waals surface area contributed by atoms with Gasteiger partial charge in [0.05, 0.1) is 6.04 Å². The molecule has 14 heteroatoms. The third-order valence-corrected chi connectivity index (χ3v) is 5.53. The molecule has 0 aromatic rings. The van der Waals surface area contributed by atoms with Gasteiger partial charge in [-0.1, -0.05) is 0 Å². The van der Waals surface area contributed by atoms with Crippen LogP contribution in [0.3, 0.4) is 0 Å². The molecule has 0 bridgehead atoms. The highest BCUT2D eigenvalue weighted by Gasteiger charge is 2.31. The lowest BCUT2D eigenvalue weighted by Crippen LogP contribution is -2.57. The van der Waals surface area contributed by atoms with Gasteiger partial charge in [0.25, 0.3) is 0 Å². The van der Waals surface area contributed by atoms with Crippen LogP contribution < -0.4 is 32.7 Å². The lowest BCUT2D eigenvalue weighted by atomic mass is 10.0. The molecule has 4 amide bonds. The lowest BCUT2D eigenvalue weighted by molar-refractivity contribution is -0.143. The topological polar surface area (TPSA) is 243 Å². The molecule has 1 aliphatic heterocycles. The van der Waals surface area contributed by atoms with Crippen LogP contribution in [-0.4, -0.2) is 83.0 Å². The molecule has 14 nitrogen and oxygen atoms in total. The molecule has 4 unspecified atom stereocenters. The summed E-state index contributed by atoms with van der Waals surface area (Å²) in [6.07, 6.45) is 1.30.